The summed E-state index contributed by atoms with van der Waals surface area (Å²) in [7, 11) is 1.18. The van der Waals surface area contributed by atoms with E-state index in [9.17, 15) is 53.1 Å². The van der Waals surface area contributed by atoms with Gasteiger partial charge in [-0.2, -0.15) is 0 Å². The van der Waals surface area contributed by atoms with Crippen molar-refractivity contribution in [2.45, 2.75) is 63.2 Å². The number of likely N-dealkylation sites (tertiary alicyclic amines) is 2. The summed E-state index contributed by atoms with van der Waals surface area (Å²) in [5.41, 5.74) is 3.95. The molecule has 1 aromatic carbocycles. The second-order valence-electron chi connectivity index (χ2n) is 13.1. The molecule has 2 fully saturated rings. The maximum atomic E-state index is 13.4. The van der Waals surface area contributed by atoms with E-state index < -0.39 is 96.6 Å². The third kappa shape index (κ3) is 11.6. The van der Waals surface area contributed by atoms with Gasteiger partial charge in [0.25, 0.3) is 11.5 Å². The van der Waals surface area contributed by atoms with Crippen LogP contribution in [0.4, 0.5) is 5.69 Å². The highest BCUT2D eigenvalue weighted by molar-refractivity contribution is 6.06. The smallest absolute Gasteiger partial charge is 0.336 e. The number of esters is 1. The summed E-state index contributed by atoms with van der Waals surface area (Å²) in [4.78, 5) is 129. The van der Waals surface area contributed by atoms with Crippen LogP contribution in [0, 0.1) is 0 Å². The topological polar surface area (TPSA) is 286 Å². The van der Waals surface area contributed by atoms with Crippen LogP contribution in [0.3, 0.4) is 0 Å². The molecule has 4 rings (SSSR count). The number of allylic oxidation sites excluding steroid dienone is 1. The molecular formula is C37H44N8O12. The Kier molecular flexibility index (Phi) is 15.2. The molecule has 3 atom stereocenters. The van der Waals surface area contributed by atoms with Gasteiger partial charge in [-0.25, -0.2) is 9.59 Å². The summed E-state index contributed by atoms with van der Waals surface area (Å²) in [6, 6.07) is 5.10. The standard InChI is InChI=1S/C37H44N8O12/c1-57-31(49)15-5-4-11-24(41-33(51)22-9-2-3-10-23(22)37(55)56)34(52)40-20-30(48)45-18-8-14-27(45)35(53)42-25-12-6-16-43(36(25)54)21-28(46)39-19-29(47)44-17-7-13-26(44)32(38)50/h2-3,5-6,9-10,12,15-16,24,26-27H,4,7-8,11,13-14,17-21H2,1H3,(H2,38,50)(H,39,46)(H,40,52)(H,41,51)(H,42,53)(H,55,56)/b15-5+. The van der Waals surface area contributed by atoms with Crippen LogP contribution in [-0.2, 0) is 44.8 Å². The van der Waals surface area contributed by atoms with E-state index in [1.165, 1.54) is 65.6 Å². The zero-order valence-corrected chi connectivity index (χ0v) is 31.1. The number of hydrogen-bond acceptors (Lipinski definition) is 11. The molecule has 2 saturated heterocycles. The number of pyridine rings is 1. The van der Waals surface area contributed by atoms with Gasteiger partial charge in [0.05, 0.1) is 31.3 Å². The Morgan fingerprint density at radius 3 is 2.18 bits per heavy atom. The minimum absolute atomic E-state index is 0.0480. The van der Waals surface area contributed by atoms with E-state index >= 15 is 0 Å². The van der Waals surface area contributed by atoms with Gasteiger partial charge in [0.15, 0.2) is 0 Å². The van der Waals surface area contributed by atoms with Crippen molar-refractivity contribution in [2.24, 2.45) is 5.73 Å². The molecule has 7 amide bonds. The number of aromatic nitrogens is 1. The number of hydrogen-bond donors (Lipinski definition) is 6. The van der Waals surface area contributed by atoms with E-state index in [2.05, 4.69) is 26.0 Å². The molecule has 57 heavy (non-hydrogen) atoms. The molecule has 0 spiro atoms. The third-order valence-corrected chi connectivity index (χ3v) is 9.32. The van der Waals surface area contributed by atoms with E-state index in [1.807, 2.05) is 0 Å². The quantitative estimate of drug-likeness (QED) is 0.0788. The van der Waals surface area contributed by atoms with Crippen LogP contribution >= 0.6 is 0 Å². The van der Waals surface area contributed by atoms with Crippen molar-refractivity contribution in [3.05, 3.63) is 76.2 Å². The zero-order chi connectivity index (χ0) is 41.6. The summed E-state index contributed by atoms with van der Waals surface area (Å²) in [5.74, 6) is -6.79. The summed E-state index contributed by atoms with van der Waals surface area (Å²) >= 11 is 0. The molecule has 0 saturated carbocycles. The number of carbonyl (C=O) groups is 9. The number of rotatable bonds is 17. The molecular weight excluding hydrogens is 748 g/mol. The Morgan fingerprint density at radius 1 is 0.895 bits per heavy atom. The Morgan fingerprint density at radius 2 is 1.53 bits per heavy atom. The number of carbonyl (C=O) groups excluding carboxylic acids is 8. The van der Waals surface area contributed by atoms with E-state index in [0.717, 1.165) is 10.6 Å². The molecule has 304 valence electrons. The lowest BCUT2D eigenvalue weighted by atomic mass is 10.1. The number of nitrogens with one attached hydrogen (secondary N) is 4. The fraction of sp³-hybridized carbons (Fsp3) is 0.405. The fourth-order valence-corrected chi connectivity index (χ4v) is 6.43. The summed E-state index contributed by atoms with van der Waals surface area (Å²) in [6.07, 6.45) is 5.62. The SMILES string of the molecule is COC(=O)/C=C/CCC(NC(=O)c1ccccc1C(=O)O)C(=O)NCC(=O)N1CCCC1C(=O)Nc1cccn(CC(=O)NCC(=O)N2CCCC2C(N)=O)c1=O. The third-order valence-electron chi connectivity index (χ3n) is 9.32. The number of carboxylic acids is 1. The van der Waals surface area contributed by atoms with Crippen molar-refractivity contribution in [3.63, 3.8) is 0 Å². The molecule has 2 aliphatic rings. The van der Waals surface area contributed by atoms with E-state index in [1.54, 1.807) is 0 Å². The average molecular weight is 793 g/mol. The Balaban J connectivity index is 1.35. The molecule has 2 aromatic rings. The maximum Gasteiger partial charge on any atom is 0.336 e. The number of carboxylic acid groups (broad SMARTS) is 1. The van der Waals surface area contributed by atoms with Crippen molar-refractivity contribution in [2.75, 3.05) is 38.6 Å². The minimum Gasteiger partial charge on any atom is -0.478 e. The highest BCUT2D eigenvalue weighted by Crippen LogP contribution is 2.19. The minimum atomic E-state index is -1.36. The first-order valence-electron chi connectivity index (χ1n) is 18.0. The van der Waals surface area contributed by atoms with Gasteiger partial charge in [-0.1, -0.05) is 18.2 Å². The first-order valence-corrected chi connectivity index (χ1v) is 18.0. The van der Waals surface area contributed by atoms with Crippen molar-refractivity contribution in [1.82, 2.24) is 30.3 Å². The lowest BCUT2D eigenvalue weighted by Gasteiger charge is -2.25. The fourth-order valence-electron chi connectivity index (χ4n) is 6.43. The molecule has 7 N–H and O–H groups in total. The molecule has 20 nitrogen and oxygen atoms in total. The number of benzene rings is 1. The summed E-state index contributed by atoms with van der Waals surface area (Å²) in [5, 5.41) is 19.4. The number of anilines is 1. The normalized spacial score (nSPS) is 16.7. The van der Waals surface area contributed by atoms with Gasteiger partial charge in [0.2, 0.25) is 35.4 Å². The van der Waals surface area contributed by atoms with Gasteiger partial charge in [0.1, 0.15) is 30.4 Å². The predicted octanol–water partition coefficient (Wildman–Crippen LogP) is -1.51. The largest absolute Gasteiger partial charge is 0.478 e. The molecule has 2 aliphatic heterocycles. The monoisotopic (exact) mass is 792 g/mol. The molecule has 0 bridgehead atoms. The van der Waals surface area contributed by atoms with Crippen molar-refractivity contribution in [3.8, 4) is 0 Å². The van der Waals surface area contributed by atoms with Crippen LogP contribution < -0.4 is 32.6 Å². The molecule has 3 unspecified atom stereocenters. The van der Waals surface area contributed by atoms with E-state index in [4.69, 9.17) is 5.73 Å². The number of methoxy groups -OCH3 is 1. The Hall–Kier alpha value is -6.86. The number of amides is 7. The second kappa shape index (κ2) is 20.2. The first-order chi connectivity index (χ1) is 27.2. The number of primary amides is 1. The molecule has 3 heterocycles. The molecule has 1 aromatic heterocycles. The van der Waals surface area contributed by atoms with Crippen LogP contribution in [0.15, 0.2) is 59.5 Å². The predicted molar refractivity (Wildman–Crippen MR) is 199 cm³/mol. The number of nitrogens with zero attached hydrogens (tertiary/aromatic N) is 3. The highest BCUT2D eigenvalue weighted by Gasteiger charge is 2.35. The Bertz CT molecular complexity index is 2000. The molecule has 0 aliphatic carbocycles. The van der Waals surface area contributed by atoms with Crippen molar-refractivity contribution < 1.29 is 53.0 Å². The van der Waals surface area contributed by atoms with Crippen LogP contribution in [0.5, 0.6) is 0 Å². The van der Waals surface area contributed by atoms with Gasteiger partial charge in [-0.05, 0) is 62.8 Å². The van der Waals surface area contributed by atoms with Gasteiger partial charge >= 0.3 is 11.9 Å². The number of ether oxygens (including phenoxy) is 1. The van der Waals surface area contributed by atoms with Crippen molar-refractivity contribution >= 4 is 59.0 Å². The number of aromatic carboxylic acids is 1. The van der Waals surface area contributed by atoms with Gasteiger partial charge in [-0.15, -0.1) is 0 Å². The van der Waals surface area contributed by atoms with Gasteiger partial charge in [0, 0.05) is 25.4 Å². The Labute approximate surface area is 325 Å². The lowest BCUT2D eigenvalue weighted by Crippen LogP contribution is -2.51. The number of nitrogens with two attached hydrogens (primary N) is 1. The summed E-state index contributed by atoms with van der Waals surface area (Å²) in [6.45, 7) is -0.987. The van der Waals surface area contributed by atoms with Gasteiger partial charge in [-0.3, -0.25) is 38.4 Å². The van der Waals surface area contributed by atoms with E-state index in [0.29, 0.717) is 25.8 Å². The summed E-state index contributed by atoms with van der Waals surface area (Å²) < 4.78 is 5.56. The van der Waals surface area contributed by atoms with E-state index in [-0.39, 0.29) is 42.6 Å². The maximum absolute atomic E-state index is 13.4. The molecule has 0 radical (unpaired) electrons. The molecule has 20 heteroatoms. The van der Waals surface area contributed by atoms with Crippen LogP contribution in [-0.4, -0.2) is 124 Å². The average Bonchev–Trinajstić information content (AvgIpc) is 3.90. The highest BCUT2D eigenvalue weighted by atomic mass is 16.5. The lowest BCUT2D eigenvalue weighted by molar-refractivity contribution is -0.137. The van der Waals surface area contributed by atoms with Crippen LogP contribution in [0.25, 0.3) is 0 Å². The first kappa shape index (κ1) is 42.9. The van der Waals surface area contributed by atoms with Crippen LogP contribution in [0.1, 0.15) is 59.2 Å². The van der Waals surface area contributed by atoms with Crippen molar-refractivity contribution in [1.29, 1.82) is 0 Å². The second-order valence-corrected chi connectivity index (χ2v) is 13.1. The van der Waals surface area contributed by atoms with Crippen LogP contribution in [0.2, 0.25) is 0 Å². The zero-order valence-electron chi connectivity index (χ0n) is 31.1. The van der Waals surface area contributed by atoms with Gasteiger partial charge < -0.3 is 51.2 Å².